The number of nitrogens with zero attached hydrogens (tertiary/aromatic N) is 4. The maximum absolute atomic E-state index is 13.5. The maximum Gasteiger partial charge on any atom is 0.416 e. The Balaban J connectivity index is 1.29. The number of rotatable bonds is 6. The monoisotopic (exact) mass is 566 g/mol. The zero-order valence-corrected chi connectivity index (χ0v) is 23.0. The lowest BCUT2D eigenvalue weighted by Gasteiger charge is -2.34. The summed E-state index contributed by atoms with van der Waals surface area (Å²) in [7, 11) is 0. The zero-order chi connectivity index (χ0) is 29.1. The fourth-order valence-electron chi connectivity index (χ4n) is 5.39. The van der Waals surface area contributed by atoms with E-state index in [-0.39, 0.29) is 29.6 Å². The maximum atomic E-state index is 13.5. The number of carbonyl (C=O) groups excluding carboxylic acids is 2. The molecule has 2 saturated heterocycles. The van der Waals surface area contributed by atoms with Gasteiger partial charge in [-0.15, -0.1) is 0 Å². The second-order valence-corrected chi connectivity index (χ2v) is 10.5. The second kappa shape index (κ2) is 11.9. The minimum absolute atomic E-state index is 0.0148. The number of hydrogen-bond acceptors (Lipinski definition) is 6. The first-order valence-electron chi connectivity index (χ1n) is 13.8. The number of piperazine rings is 1. The molecule has 2 atom stereocenters. The van der Waals surface area contributed by atoms with Crippen molar-refractivity contribution < 1.29 is 22.8 Å². The van der Waals surface area contributed by atoms with Crippen LogP contribution in [0.2, 0.25) is 0 Å². The highest BCUT2D eigenvalue weighted by Gasteiger charge is 2.32. The number of nitrogens with one attached hydrogen (secondary N) is 2. The number of amides is 2. The van der Waals surface area contributed by atoms with Gasteiger partial charge in [0, 0.05) is 45.3 Å². The number of benzene rings is 2. The van der Waals surface area contributed by atoms with E-state index in [0.717, 1.165) is 36.6 Å². The fourth-order valence-corrected chi connectivity index (χ4v) is 5.39. The lowest BCUT2D eigenvalue weighted by atomic mass is 9.91. The van der Waals surface area contributed by atoms with Gasteiger partial charge < -0.3 is 20.4 Å². The molecule has 2 aliphatic heterocycles. The molecule has 2 fully saturated rings. The van der Waals surface area contributed by atoms with E-state index in [1.165, 1.54) is 6.07 Å². The van der Waals surface area contributed by atoms with Crippen LogP contribution in [0.1, 0.15) is 66.0 Å². The van der Waals surface area contributed by atoms with Crippen molar-refractivity contribution in [3.05, 3.63) is 77.1 Å². The topological polar surface area (TPSA) is 90.5 Å². The van der Waals surface area contributed by atoms with E-state index in [0.29, 0.717) is 43.3 Å². The SMILES string of the molecule is CC(=O)N1CCN(c2nccc(C(=O)N[C@H](C)c3ccc(-c4cc(C(F)(F)F)ccc4C4CCCN4)cc3)n2)CC1. The predicted octanol–water partition coefficient (Wildman–Crippen LogP) is 4.75. The predicted molar refractivity (Wildman–Crippen MR) is 149 cm³/mol. The van der Waals surface area contributed by atoms with Gasteiger partial charge in [0.15, 0.2) is 0 Å². The normalized spacial score (nSPS) is 18.3. The number of carbonyl (C=O) groups is 2. The van der Waals surface area contributed by atoms with E-state index >= 15 is 0 Å². The van der Waals surface area contributed by atoms with Gasteiger partial charge in [-0.3, -0.25) is 9.59 Å². The molecule has 0 spiro atoms. The van der Waals surface area contributed by atoms with Crippen molar-refractivity contribution in [2.75, 3.05) is 37.6 Å². The summed E-state index contributed by atoms with van der Waals surface area (Å²) in [6.07, 6.45) is -1.04. The van der Waals surface area contributed by atoms with Crippen molar-refractivity contribution in [3.8, 4) is 11.1 Å². The highest BCUT2D eigenvalue weighted by Crippen LogP contribution is 2.38. The molecule has 41 heavy (non-hydrogen) atoms. The van der Waals surface area contributed by atoms with Crippen LogP contribution >= 0.6 is 0 Å². The molecule has 0 bridgehead atoms. The number of aromatic nitrogens is 2. The Morgan fingerprint density at radius 3 is 2.41 bits per heavy atom. The van der Waals surface area contributed by atoms with Gasteiger partial charge in [0.05, 0.1) is 11.6 Å². The standard InChI is InChI=1S/C30H33F3N6O2/c1-19(36-28(41)27-11-13-35-29(37-27)39-16-14-38(15-17-39)20(2)40)21-5-7-22(8-6-21)25-18-23(30(31,32)33)9-10-24(25)26-4-3-12-34-26/h5-11,13,18-19,26,34H,3-4,12,14-17H2,1-2H3,(H,36,41)/t19-,26?/m1/s1. The van der Waals surface area contributed by atoms with E-state index in [1.807, 2.05) is 24.0 Å². The van der Waals surface area contributed by atoms with Crippen LogP contribution in [0.15, 0.2) is 54.7 Å². The number of anilines is 1. The highest BCUT2D eigenvalue weighted by atomic mass is 19.4. The molecule has 2 aliphatic rings. The van der Waals surface area contributed by atoms with Gasteiger partial charge >= 0.3 is 6.18 Å². The highest BCUT2D eigenvalue weighted by molar-refractivity contribution is 5.92. The Kier molecular flexibility index (Phi) is 8.25. The summed E-state index contributed by atoms with van der Waals surface area (Å²) in [6, 6.07) is 12.4. The summed E-state index contributed by atoms with van der Waals surface area (Å²) in [5.74, 6) is 0.105. The third kappa shape index (κ3) is 6.51. The Labute approximate surface area is 237 Å². The van der Waals surface area contributed by atoms with Crippen LogP contribution in [-0.2, 0) is 11.0 Å². The molecule has 2 N–H and O–H groups in total. The number of halogens is 3. The quantitative estimate of drug-likeness (QED) is 0.448. The van der Waals surface area contributed by atoms with Gasteiger partial charge in [-0.2, -0.15) is 13.2 Å². The molecule has 5 rings (SSSR count). The summed E-state index contributed by atoms with van der Waals surface area (Å²) < 4.78 is 40.6. The van der Waals surface area contributed by atoms with Crippen molar-refractivity contribution in [2.45, 2.75) is 44.9 Å². The van der Waals surface area contributed by atoms with Crippen LogP contribution in [-0.4, -0.2) is 59.4 Å². The molecule has 8 nitrogen and oxygen atoms in total. The van der Waals surface area contributed by atoms with Crippen molar-refractivity contribution in [3.63, 3.8) is 0 Å². The molecule has 3 aromatic rings. The fraction of sp³-hybridized carbons (Fsp3) is 0.400. The first-order chi connectivity index (χ1) is 19.6. The summed E-state index contributed by atoms with van der Waals surface area (Å²) in [4.78, 5) is 37.1. The average Bonchev–Trinajstić information content (AvgIpc) is 3.51. The summed E-state index contributed by atoms with van der Waals surface area (Å²) in [6.45, 7) is 6.53. The van der Waals surface area contributed by atoms with Gasteiger partial charge in [-0.05, 0) is 66.8 Å². The molecular weight excluding hydrogens is 533 g/mol. The molecule has 3 heterocycles. The molecule has 0 radical (unpaired) electrons. The molecule has 2 aromatic carbocycles. The zero-order valence-electron chi connectivity index (χ0n) is 23.0. The van der Waals surface area contributed by atoms with E-state index in [9.17, 15) is 22.8 Å². The first kappa shape index (κ1) is 28.5. The summed E-state index contributed by atoms with van der Waals surface area (Å²) >= 11 is 0. The molecular formula is C30H33F3N6O2. The Morgan fingerprint density at radius 2 is 1.78 bits per heavy atom. The summed E-state index contributed by atoms with van der Waals surface area (Å²) in [5.41, 5.74) is 2.46. The Morgan fingerprint density at radius 1 is 1.05 bits per heavy atom. The van der Waals surface area contributed by atoms with E-state index in [1.54, 1.807) is 42.3 Å². The molecule has 0 saturated carbocycles. The smallest absolute Gasteiger partial charge is 0.344 e. The lowest BCUT2D eigenvalue weighted by molar-refractivity contribution is -0.137. The van der Waals surface area contributed by atoms with E-state index in [4.69, 9.17) is 0 Å². The number of hydrogen-bond donors (Lipinski definition) is 2. The van der Waals surface area contributed by atoms with Crippen molar-refractivity contribution in [1.82, 2.24) is 25.5 Å². The van der Waals surface area contributed by atoms with Gasteiger partial charge in [-0.25, -0.2) is 9.97 Å². The third-order valence-electron chi connectivity index (χ3n) is 7.77. The minimum Gasteiger partial charge on any atom is -0.344 e. The molecule has 2 amide bonds. The van der Waals surface area contributed by atoms with Gasteiger partial charge in [0.25, 0.3) is 5.91 Å². The average molecular weight is 567 g/mol. The van der Waals surface area contributed by atoms with Crippen LogP contribution in [0.4, 0.5) is 19.1 Å². The van der Waals surface area contributed by atoms with Crippen LogP contribution in [0.3, 0.4) is 0 Å². The molecule has 1 unspecified atom stereocenters. The van der Waals surface area contributed by atoms with Gasteiger partial charge in [0.2, 0.25) is 11.9 Å². The minimum atomic E-state index is -4.43. The van der Waals surface area contributed by atoms with Crippen LogP contribution in [0, 0.1) is 0 Å². The van der Waals surface area contributed by atoms with Crippen LogP contribution in [0.25, 0.3) is 11.1 Å². The van der Waals surface area contributed by atoms with Crippen molar-refractivity contribution in [2.24, 2.45) is 0 Å². The van der Waals surface area contributed by atoms with Gasteiger partial charge in [-0.1, -0.05) is 30.3 Å². The Bertz CT molecular complexity index is 1400. The molecule has 0 aliphatic carbocycles. The van der Waals surface area contributed by atoms with Crippen LogP contribution < -0.4 is 15.5 Å². The van der Waals surface area contributed by atoms with Crippen molar-refractivity contribution >= 4 is 17.8 Å². The Hall–Kier alpha value is -3.99. The van der Waals surface area contributed by atoms with Crippen molar-refractivity contribution in [1.29, 1.82) is 0 Å². The lowest BCUT2D eigenvalue weighted by Crippen LogP contribution is -2.48. The van der Waals surface area contributed by atoms with E-state index < -0.39 is 11.7 Å². The van der Waals surface area contributed by atoms with Gasteiger partial charge in [0.1, 0.15) is 5.69 Å². The van der Waals surface area contributed by atoms with E-state index in [2.05, 4.69) is 20.6 Å². The third-order valence-corrected chi connectivity index (χ3v) is 7.77. The number of alkyl halides is 3. The largest absolute Gasteiger partial charge is 0.416 e. The second-order valence-electron chi connectivity index (χ2n) is 10.5. The van der Waals surface area contributed by atoms with Crippen LogP contribution in [0.5, 0.6) is 0 Å². The molecule has 1 aromatic heterocycles. The summed E-state index contributed by atoms with van der Waals surface area (Å²) in [5, 5.41) is 6.33. The molecule has 216 valence electrons. The first-order valence-corrected chi connectivity index (χ1v) is 13.8. The molecule has 11 heteroatoms.